The van der Waals surface area contributed by atoms with Gasteiger partial charge in [-0.15, -0.1) is 0 Å². The number of amides is 1. The Balaban J connectivity index is 1.93. The number of methoxy groups -OCH3 is 1. The van der Waals surface area contributed by atoms with Gasteiger partial charge in [-0.1, -0.05) is 30.3 Å². The molecule has 0 radical (unpaired) electrons. The molecule has 1 saturated heterocycles. The lowest BCUT2D eigenvalue weighted by molar-refractivity contribution is -0.151. The van der Waals surface area contributed by atoms with Crippen LogP contribution in [0.2, 0.25) is 0 Å². The van der Waals surface area contributed by atoms with E-state index in [1.54, 1.807) is 4.90 Å². The standard InChI is InChI=1S/C16H19NO3/c1-20-16(19)13-9-10-14(18)17(13)15(12-7-8-12)11-5-3-2-4-6-11/h2-6,12-13,15H,7-10H2,1H3. The molecule has 0 bridgehead atoms. The number of likely N-dealkylation sites (tertiary alicyclic amines) is 1. The van der Waals surface area contributed by atoms with Crippen molar-refractivity contribution in [2.24, 2.45) is 5.92 Å². The first kappa shape index (κ1) is 13.2. The maximum Gasteiger partial charge on any atom is 0.328 e. The lowest BCUT2D eigenvalue weighted by Gasteiger charge is -2.32. The van der Waals surface area contributed by atoms with Crippen LogP contribution in [0.25, 0.3) is 0 Å². The van der Waals surface area contributed by atoms with Gasteiger partial charge in [0.15, 0.2) is 0 Å². The lowest BCUT2D eigenvalue weighted by atomic mass is 9.99. The largest absolute Gasteiger partial charge is 0.467 e. The second-order valence-electron chi connectivity index (χ2n) is 5.57. The van der Waals surface area contributed by atoms with E-state index in [9.17, 15) is 9.59 Å². The van der Waals surface area contributed by atoms with Crippen molar-refractivity contribution in [3.05, 3.63) is 35.9 Å². The van der Waals surface area contributed by atoms with Gasteiger partial charge in [-0.05, 0) is 30.7 Å². The Morgan fingerprint density at radius 3 is 2.55 bits per heavy atom. The fourth-order valence-electron chi connectivity index (χ4n) is 3.14. The van der Waals surface area contributed by atoms with E-state index in [0.29, 0.717) is 18.8 Å². The lowest BCUT2D eigenvalue weighted by Crippen LogP contribution is -2.42. The van der Waals surface area contributed by atoms with E-state index in [-0.39, 0.29) is 17.9 Å². The number of hydrogen-bond donors (Lipinski definition) is 0. The van der Waals surface area contributed by atoms with Gasteiger partial charge < -0.3 is 9.64 Å². The third-order valence-corrected chi connectivity index (χ3v) is 4.24. The summed E-state index contributed by atoms with van der Waals surface area (Å²) in [7, 11) is 1.39. The van der Waals surface area contributed by atoms with Gasteiger partial charge in [0, 0.05) is 6.42 Å². The van der Waals surface area contributed by atoms with Crippen LogP contribution in [0, 0.1) is 5.92 Å². The van der Waals surface area contributed by atoms with Gasteiger partial charge in [0.25, 0.3) is 0 Å². The topological polar surface area (TPSA) is 46.6 Å². The summed E-state index contributed by atoms with van der Waals surface area (Å²) in [6, 6.07) is 9.63. The average molecular weight is 273 g/mol. The summed E-state index contributed by atoms with van der Waals surface area (Å²) in [6.07, 6.45) is 3.26. The van der Waals surface area contributed by atoms with Crippen molar-refractivity contribution in [3.63, 3.8) is 0 Å². The van der Waals surface area contributed by atoms with Crippen LogP contribution < -0.4 is 0 Å². The summed E-state index contributed by atoms with van der Waals surface area (Å²) >= 11 is 0. The smallest absolute Gasteiger partial charge is 0.328 e. The minimum Gasteiger partial charge on any atom is -0.467 e. The minimum atomic E-state index is -0.418. The second-order valence-corrected chi connectivity index (χ2v) is 5.57. The first-order valence-electron chi connectivity index (χ1n) is 7.16. The van der Waals surface area contributed by atoms with Gasteiger partial charge in [-0.3, -0.25) is 4.79 Å². The van der Waals surface area contributed by atoms with Crippen molar-refractivity contribution >= 4 is 11.9 Å². The van der Waals surface area contributed by atoms with E-state index in [0.717, 1.165) is 18.4 Å². The molecular formula is C16H19NO3. The van der Waals surface area contributed by atoms with Crippen LogP contribution in [-0.4, -0.2) is 29.9 Å². The number of ether oxygens (including phenoxy) is 1. The van der Waals surface area contributed by atoms with E-state index in [2.05, 4.69) is 0 Å². The maximum atomic E-state index is 12.3. The molecule has 1 heterocycles. The maximum absolute atomic E-state index is 12.3. The Labute approximate surface area is 118 Å². The predicted molar refractivity (Wildman–Crippen MR) is 73.8 cm³/mol. The molecule has 1 saturated carbocycles. The number of nitrogens with zero attached hydrogens (tertiary/aromatic N) is 1. The van der Waals surface area contributed by atoms with E-state index >= 15 is 0 Å². The summed E-state index contributed by atoms with van der Waals surface area (Å²) in [6.45, 7) is 0. The molecule has 2 atom stereocenters. The summed E-state index contributed by atoms with van der Waals surface area (Å²) in [4.78, 5) is 26.0. The van der Waals surface area contributed by atoms with Gasteiger partial charge >= 0.3 is 5.97 Å². The van der Waals surface area contributed by atoms with Crippen molar-refractivity contribution in [1.29, 1.82) is 0 Å². The number of benzene rings is 1. The van der Waals surface area contributed by atoms with Crippen LogP contribution in [0.15, 0.2) is 30.3 Å². The Morgan fingerprint density at radius 1 is 1.25 bits per heavy atom. The quantitative estimate of drug-likeness (QED) is 0.791. The molecule has 1 aromatic carbocycles. The molecule has 1 aliphatic heterocycles. The summed E-state index contributed by atoms with van der Waals surface area (Å²) in [5.41, 5.74) is 1.12. The van der Waals surface area contributed by atoms with E-state index in [1.807, 2.05) is 30.3 Å². The molecule has 106 valence electrons. The highest BCUT2D eigenvalue weighted by atomic mass is 16.5. The number of carbonyl (C=O) groups excluding carboxylic acids is 2. The van der Waals surface area contributed by atoms with Crippen LogP contribution in [0.3, 0.4) is 0 Å². The second kappa shape index (κ2) is 5.27. The van der Waals surface area contributed by atoms with Gasteiger partial charge in [-0.2, -0.15) is 0 Å². The Hall–Kier alpha value is -1.84. The molecule has 0 spiro atoms. The third-order valence-electron chi connectivity index (χ3n) is 4.24. The van der Waals surface area contributed by atoms with Crippen molar-refractivity contribution in [2.75, 3.05) is 7.11 Å². The first-order chi connectivity index (χ1) is 9.72. The molecule has 1 aliphatic carbocycles. The Bertz CT molecular complexity index is 510. The van der Waals surface area contributed by atoms with Crippen molar-refractivity contribution in [2.45, 2.75) is 37.8 Å². The normalized spacial score (nSPS) is 23.8. The van der Waals surface area contributed by atoms with E-state index in [4.69, 9.17) is 4.74 Å². The molecule has 0 aromatic heterocycles. The summed E-state index contributed by atoms with van der Waals surface area (Å²) < 4.78 is 4.87. The summed E-state index contributed by atoms with van der Waals surface area (Å²) in [5, 5.41) is 0. The zero-order valence-corrected chi connectivity index (χ0v) is 11.6. The van der Waals surface area contributed by atoms with Crippen molar-refractivity contribution in [3.8, 4) is 0 Å². The monoisotopic (exact) mass is 273 g/mol. The minimum absolute atomic E-state index is 0.0234. The highest BCUT2D eigenvalue weighted by Gasteiger charge is 2.46. The number of rotatable bonds is 4. The fraction of sp³-hybridized carbons (Fsp3) is 0.500. The Morgan fingerprint density at radius 2 is 1.95 bits per heavy atom. The molecule has 2 aliphatic rings. The average Bonchev–Trinajstić information content (AvgIpc) is 3.24. The zero-order valence-electron chi connectivity index (χ0n) is 11.6. The van der Waals surface area contributed by atoms with Crippen LogP contribution in [-0.2, 0) is 14.3 Å². The number of carbonyl (C=O) groups is 2. The number of esters is 1. The van der Waals surface area contributed by atoms with Crippen molar-refractivity contribution < 1.29 is 14.3 Å². The summed E-state index contributed by atoms with van der Waals surface area (Å²) in [5.74, 6) is 0.255. The van der Waals surface area contributed by atoms with Gasteiger partial charge in [0.05, 0.1) is 13.2 Å². The van der Waals surface area contributed by atoms with Gasteiger partial charge in [0.2, 0.25) is 5.91 Å². The highest BCUT2D eigenvalue weighted by Crippen LogP contribution is 2.47. The molecule has 3 rings (SSSR count). The third kappa shape index (κ3) is 2.30. The van der Waals surface area contributed by atoms with E-state index in [1.165, 1.54) is 7.11 Å². The molecule has 4 heteroatoms. The van der Waals surface area contributed by atoms with Gasteiger partial charge in [0.1, 0.15) is 6.04 Å². The molecule has 2 unspecified atom stereocenters. The van der Waals surface area contributed by atoms with Crippen LogP contribution >= 0.6 is 0 Å². The first-order valence-corrected chi connectivity index (χ1v) is 7.16. The van der Waals surface area contributed by atoms with Crippen LogP contribution in [0.5, 0.6) is 0 Å². The van der Waals surface area contributed by atoms with E-state index < -0.39 is 6.04 Å². The molecule has 2 fully saturated rings. The van der Waals surface area contributed by atoms with Crippen LogP contribution in [0.4, 0.5) is 0 Å². The molecule has 1 amide bonds. The fourth-order valence-corrected chi connectivity index (χ4v) is 3.14. The number of hydrogen-bond acceptors (Lipinski definition) is 3. The molecule has 4 nitrogen and oxygen atoms in total. The highest BCUT2D eigenvalue weighted by molar-refractivity contribution is 5.88. The zero-order chi connectivity index (χ0) is 14.1. The van der Waals surface area contributed by atoms with Crippen molar-refractivity contribution in [1.82, 2.24) is 4.90 Å². The Kier molecular flexibility index (Phi) is 3.47. The van der Waals surface area contributed by atoms with Gasteiger partial charge in [-0.25, -0.2) is 4.79 Å². The molecular weight excluding hydrogens is 254 g/mol. The molecule has 0 N–H and O–H groups in total. The predicted octanol–water partition coefficient (Wildman–Crippen LogP) is 2.30. The van der Waals surface area contributed by atoms with Crippen LogP contribution in [0.1, 0.15) is 37.3 Å². The molecule has 1 aromatic rings. The molecule has 20 heavy (non-hydrogen) atoms. The SMILES string of the molecule is COC(=O)C1CCC(=O)N1C(c1ccccc1)C1CC1.